The number of nitriles is 1. The molecule has 3 heteroatoms. The predicted octanol–water partition coefficient (Wildman–Crippen LogP) is 9.47. The van der Waals surface area contributed by atoms with Gasteiger partial charge in [0.15, 0.2) is 0 Å². The van der Waals surface area contributed by atoms with E-state index in [4.69, 9.17) is 10.00 Å². The Morgan fingerprint density at radius 1 is 0.568 bits per heavy atom. The molecule has 3 aromatic carbocycles. The van der Waals surface area contributed by atoms with Crippen LogP contribution in [0.25, 0.3) is 0 Å². The van der Waals surface area contributed by atoms with Crippen molar-refractivity contribution < 1.29 is 4.74 Å². The fraction of sp³-hybridized carbons (Fsp3) is 0.441. The third-order valence-corrected chi connectivity index (χ3v) is 6.91. The standard InChI is InChI=1S/C34H44N2O/c35-28-31-19-23-33(24-20-31)36-27-15-10-8-6-4-2-1-3-5-7-9-12-16-30-21-25-34(26-22-30)37-29-32-17-13-11-14-18-32/h11,13-14,17-26,36H,1-10,12,15-16,27,29H2. The minimum absolute atomic E-state index is 0.625. The molecule has 1 N–H and O–H groups in total. The van der Waals surface area contributed by atoms with Gasteiger partial charge in [-0.25, -0.2) is 0 Å². The van der Waals surface area contributed by atoms with Gasteiger partial charge in [0.1, 0.15) is 12.4 Å². The van der Waals surface area contributed by atoms with Crippen LogP contribution in [0.2, 0.25) is 0 Å². The molecule has 0 spiro atoms. The molecule has 3 rings (SSSR count). The average Bonchev–Trinajstić information content (AvgIpc) is 2.95. The van der Waals surface area contributed by atoms with Crippen LogP contribution in [0.5, 0.6) is 5.75 Å². The Labute approximate surface area is 224 Å². The Morgan fingerprint density at radius 2 is 1.14 bits per heavy atom. The topological polar surface area (TPSA) is 45.0 Å². The van der Waals surface area contributed by atoms with Crippen molar-refractivity contribution in [1.29, 1.82) is 5.26 Å². The van der Waals surface area contributed by atoms with Gasteiger partial charge in [-0.05, 0) is 66.8 Å². The second-order valence-corrected chi connectivity index (χ2v) is 10.0. The van der Waals surface area contributed by atoms with Gasteiger partial charge in [-0.3, -0.25) is 0 Å². The van der Waals surface area contributed by atoms with Gasteiger partial charge in [0.25, 0.3) is 0 Å². The number of aryl methyl sites for hydroxylation is 1. The monoisotopic (exact) mass is 496 g/mol. The van der Waals surface area contributed by atoms with Crippen molar-refractivity contribution in [2.45, 2.75) is 90.1 Å². The summed E-state index contributed by atoms with van der Waals surface area (Å²) >= 11 is 0. The quantitative estimate of drug-likeness (QED) is 0.168. The van der Waals surface area contributed by atoms with Crippen molar-refractivity contribution in [1.82, 2.24) is 0 Å². The lowest BCUT2D eigenvalue weighted by molar-refractivity contribution is 0.306. The van der Waals surface area contributed by atoms with E-state index < -0.39 is 0 Å². The van der Waals surface area contributed by atoms with Crippen molar-refractivity contribution in [2.24, 2.45) is 0 Å². The highest BCUT2D eigenvalue weighted by molar-refractivity contribution is 5.47. The molecule has 0 aliphatic heterocycles. The van der Waals surface area contributed by atoms with Gasteiger partial charge in [-0.2, -0.15) is 5.26 Å². The maximum absolute atomic E-state index is 8.84. The lowest BCUT2D eigenvalue weighted by atomic mass is 10.0. The van der Waals surface area contributed by atoms with E-state index in [1.54, 1.807) is 0 Å². The van der Waals surface area contributed by atoms with Gasteiger partial charge in [0.2, 0.25) is 0 Å². The number of nitrogens with one attached hydrogen (secondary N) is 1. The summed E-state index contributed by atoms with van der Waals surface area (Å²) in [5.74, 6) is 0.948. The van der Waals surface area contributed by atoms with Gasteiger partial charge >= 0.3 is 0 Å². The number of anilines is 1. The first-order valence-corrected chi connectivity index (χ1v) is 14.3. The summed E-state index contributed by atoms with van der Waals surface area (Å²) in [6.07, 6.45) is 17.3. The van der Waals surface area contributed by atoms with Crippen LogP contribution in [-0.4, -0.2) is 6.54 Å². The zero-order valence-corrected chi connectivity index (χ0v) is 22.5. The fourth-order valence-corrected chi connectivity index (χ4v) is 4.61. The Hall–Kier alpha value is -3.25. The summed E-state index contributed by atoms with van der Waals surface area (Å²) < 4.78 is 5.89. The zero-order valence-electron chi connectivity index (χ0n) is 22.5. The number of nitrogens with zero attached hydrogens (tertiary/aromatic N) is 1. The Kier molecular flexibility index (Phi) is 13.8. The third kappa shape index (κ3) is 12.5. The zero-order chi connectivity index (χ0) is 25.8. The van der Waals surface area contributed by atoms with E-state index in [1.165, 1.54) is 94.6 Å². The molecule has 0 saturated carbocycles. The molecule has 0 bridgehead atoms. The second kappa shape index (κ2) is 18.1. The fourth-order valence-electron chi connectivity index (χ4n) is 4.61. The molecule has 3 nitrogen and oxygen atoms in total. The summed E-state index contributed by atoms with van der Waals surface area (Å²) in [6, 6.07) is 28.8. The molecule has 0 saturated heterocycles. The van der Waals surface area contributed by atoms with E-state index in [0.29, 0.717) is 12.2 Å². The van der Waals surface area contributed by atoms with Gasteiger partial charge in [-0.15, -0.1) is 0 Å². The first-order chi connectivity index (χ1) is 18.3. The lowest BCUT2D eigenvalue weighted by Gasteiger charge is -2.08. The van der Waals surface area contributed by atoms with Crippen molar-refractivity contribution in [2.75, 3.05) is 11.9 Å². The SMILES string of the molecule is N#Cc1ccc(NCCCCCCCCCCCCCCc2ccc(OCc3ccccc3)cc2)cc1. The van der Waals surface area contributed by atoms with E-state index in [2.05, 4.69) is 47.8 Å². The van der Waals surface area contributed by atoms with E-state index in [0.717, 1.165) is 18.0 Å². The molecule has 0 atom stereocenters. The van der Waals surface area contributed by atoms with E-state index in [9.17, 15) is 0 Å². The molecule has 0 unspecified atom stereocenters. The molecule has 0 amide bonds. The van der Waals surface area contributed by atoms with Crippen LogP contribution >= 0.6 is 0 Å². The molecule has 0 aliphatic carbocycles. The normalized spacial score (nSPS) is 10.7. The largest absolute Gasteiger partial charge is 0.489 e. The van der Waals surface area contributed by atoms with Crippen molar-refractivity contribution in [3.8, 4) is 11.8 Å². The van der Waals surface area contributed by atoms with E-state index in [-0.39, 0.29) is 0 Å². The Balaban J connectivity index is 1.07. The highest BCUT2D eigenvalue weighted by Gasteiger charge is 1.99. The average molecular weight is 497 g/mol. The molecule has 37 heavy (non-hydrogen) atoms. The number of hydrogen-bond acceptors (Lipinski definition) is 3. The number of hydrogen-bond donors (Lipinski definition) is 1. The van der Waals surface area contributed by atoms with Crippen LogP contribution in [-0.2, 0) is 13.0 Å². The van der Waals surface area contributed by atoms with Gasteiger partial charge in [-0.1, -0.05) is 107 Å². The summed E-state index contributed by atoms with van der Waals surface area (Å²) in [4.78, 5) is 0. The van der Waals surface area contributed by atoms with Crippen LogP contribution in [0.15, 0.2) is 78.9 Å². The molecule has 0 aliphatic rings. The van der Waals surface area contributed by atoms with E-state index >= 15 is 0 Å². The van der Waals surface area contributed by atoms with Gasteiger partial charge in [0.05, 0.1) is 11.6 Å². The molecule has 0 heterocycles. The summed E-state index contributed by atoms with van der Waals surface area (Å²) in [5.41, 5.74) is 4.44. The van der Waals surface area contributed by atoms with Crippen LogP contribution in [0.4, 0.5) is 5.69 Å². The lowest BCUT2D eigenvalue weighted by Crippen LogP contribution is -2.01. The summed E-state index contributed by atoms with van der Waals surface area (Å²) in [7, 11) is 0. The molecule has 0 aromatic heterocycles. The Bertz CT molecular complexity index is 1010. The van der Waals surface area contributed by atoms with Gasteiger partial charge < -0.3 is 10.1 Å². The smallest absolute Gasteiger partial charge is 0.119 e. The Morgan fingerprint density at radius 3 is 1.73 bits per heavy atom. The van der Waals surface area contributed by atoms with Crippen molar-refractivity contribution >= 4 is 5.69 Å². The van der Waals surface area contributed by atoms with Crippen LogP contribution in [0, 0.1) is 11.3 Å². The number of benzene rings is 3. The van der Waals surface area contributed by atoms with Crippen LogP contribution in [0.3, 0.4) is 0 Å². The van der Waals surface area contributed by atoms with Gasteiger partial charge in [0, 0.05) is 12.2 Å². The number of rotatable bonds is 19. The molecule has 3 aromatic rings. The molecule has 0 fully saturated rings. The first kappa shape index (κ1) is 28.3. The highest BCUT2D eigenvalue weighted by atomic mass is 16.5. The van der Waals surface area contributed by atoms with Crippen molar-refractivity contribution in [3.63, 3.8) is 0 Å². The number of ether oxygens (including phenoxy) is 1. The van der Waals surface area contributed by atoms with Crippen molar-refractivity contribution in [3.05, 3.63) is 95.6 Å². The number of unbranched alkanes of at least 4 members (excludes halogenated alkanes) is 11. The molecule has 0 radical (unpaired) electrons. The third-order valence-electron chi connectivity index (χ3n) is 6.91. The predicted molar refractivity (Wildman–Crippen MR) is 156 cm³/mol. The molecule has 196 valence electrons. The first-order valence-electron chi connectivity index (χ1n) is 14.3. The van der Waals surface area contributed by atoms with E-state index in [1.807, 2.05) is 42.5 Å². The highest BCUT2D eigenvalue weighted by Crippen LogP contribution is 2.17. The minimum atomic E-state index is 0.625. The minimum Gasteiger partial charge on any atom is -0.489 e. The van der Waals surface area contributed by atoms with Crippen LogP contribution < -0.4 is 10.1 Å². The molecular formula is C34H44N2O. The molecular weight excluding hydrogens is 452 g/mol. The second-order valence-electron chi connectivity index (χ2n) is 10.0. The maximum atomic E-state index is 8.84. The summed E-state index contributed by atoms with van der Waals surface area (Å²) in [6.45, 7) is 1.64. The summed E-state index contributed by atoms with van der Waals surface area (Å²) in [5, 5.41) is 12.3. The van der Waals surface area contributed by atoms with Crippen LogP contribution in [0.1, 0.15) is 93.7 Å². The maximum Gasteiger partial charge on any atom is 0.119 e.